The molecule has 2 amide bonds. The van der Waals surface area contributed by atoms with Crippen LogP contribution in [0.4, 0.5) is 22.0 Å². The molecule has 4 nitrogen and oxygen atoms in total. The van der Waals surface area contributed by atoms with Gasteiger partial charge in [-0.05, 0) is 43.2 Å². The van der Waals surface area contributed by atoms with E-state index in [0.717, 1.165) is 0 Å². The number of carbonyl (C=O) groups is 2. The van der Waals surface area contributed by atoms with E-state index < -0.39 is 46.8 Å². The predicted octanol–water partition coefficient (Wildman–Crippen LogP) is 4.02. The van der Waals surface area contributed by atoms with Crippen LogP contribution in [0.3, 0.4) is 0 Å². The smallest absolute Gasteiger partial charge is 0.349 e. The lowest BCUT2D eigenvalue weighted by Crippen LogP contribution is -2.46. The highest BCUT2D eigenvalue weighted by Gasteiger charge is 2.32. The molecule has 0 aromatic heterocycles. The van der Waals surface area contributed by atoms with Crippen molar-refractivity contribution in [1.82, 2.24) is 10.2 Å². The number of hydrogen-bond acceptors (Lipinski definition) is 2. The summed E-state index contributed by atoms with van der Waals surface area (Å²) < 4.78 is 66.0. The summed E-state index contributed by atoms with van der Waals surface area (Å²) in [7, 11) is 0. The van der Waals surface area contributed by atoms with E-state index >= 15 is 0 Å². The summed E-state index contributed by atoms with van der Waals surface area (Å²) in [6.07, 6.45) is -4.07. The van der Waals surface area contributed by atoms with E-state index in [-0.39, 0.29) is 18.7 Å². The third kappa shape index (κ3) is 4.72. The van der Waals surface area contributed by atoms with Crippen molar-refractivity contribution < 1.29 is 31.5 Å². The Morgan fingerprint density at radius 2 is 1.55 bits per heavy atom. The molecule has 29 heavy (non-hydrogen) atoms. The molecule has 9 heteroatoms. The fourth-order valence-electron chi connectivity index (χ4n) is 3.17. The number of nitrogens with one attached hydrogen (secondary N) is 1. The Bertz CT molecular complexity index is 921. The highest BCUT2D eigenvalue weighted by Crippen LogP contribution is 2.30. The molecule has 1 heterocycles. The zero-order valence-corrected chi connectivity index (χ0v) is 15.1. The van der Waals surface area contributed by atoms with Gasteiger partial charge in [0.05, 0.1) is 16.7 Å². The summed E-state index contributed by atoms with van der Waals surface area (Å²) >= 11 is 0. The number of piperidine rings is 1. The van der Waals surface area contributed by atoms with E-state index in [1.165, 1.54) is 23.1 Å². The van der Waals surface area contributed by atoms with E-state index in [2.05, 4.69) is 5.32 Å². The molecule has 1 saturated heterocycles. The maximum Gasteiger partial charge on any atom is 0.416 e. The van der Waals surface area contributed by atoms with E-state index in [9.17, 15) is 31.5 Å². The molecule has 1 fully saturated rings. The Hall–Kier alpha value is -2.97. The molecule has 0 saturated carbocycles. The Labute approximate surface area is 163 Å². The van der Waals surface area contributed by atoms with Crippen molar-refractivity contribution in [2.75, 3.05) is 13.1 Å². The molecule has 0 atom stereocenters. The van der Waals surface area contributed by atoms with Gasteiger partial charge in [-0.3, -0.25) is 9.59 Å². The van der Waals surface area contributed by atoms with Crippen LogP contribution in [0, 0.1) is 11.6 Å². The Kier molecular flexibility index (Phi) is 5.86. The van der Waals surface area contributed by atoms with Crippen molar-refractivity contribution in [3.63, 3.8) is 0 Å². The molecule has 0 spiro atoms. The van der Waals surface area contributed by atoms with E-state index in [1.807, 2.05) is 0 Å². The first-order valence-corrected chi connectivity index (χ1v) is 8.88. The summed E-state index contributed by atoms with van der Waals surface area (Å²) in [5.41, 5.74) is -1.86. The average Bonchev–Trinajstić information content (AvgIpc) is 2.68. The molecular formula is C20H17F5N2O2. The van der Waals surface area contributed by atoms with Crippen molar-refractivity contribution in [3.8, 4) is 0 Å². The minimum Gasteiger partial charge on any atom is -0.349 e. The summed E-state index contributed by atoms with van der Waals surface area (Å²) in [5, 5.41) is 2.51. The summed E-state index contributed by atoms with van der Waals surface area (Å²) in [6, 6.07) is 6.79. The quantitative estimate of drug-likeness (QED) is 0.775. The standard InChI is InChI=1S/C20H17F5N2O2/c21-16-4-2-1-3-14(16)19(29)27-9-7-13(8-10-27)26-18(28)15-11-12(20(23,24)25)5-6-17(15)22/h1-6,11,13H,7-10H2,(H,26,28). The third-order valence-corrected chi connectivity index (χ3v) is 4.76. The maximum atomic E-state index is 13.8. The fraction of sp³-hybridized carbons (Fsp3) is 0.300. The van der Waals surface area contributed by atoms with Crippen LogP contribution in [0.2, 0.25) is 0 Å². The van der Waals surface area contributed by atoms with Gasteiger partial charge in [0.15, 0.2) is 0 Å². The lowest BCUT2D eigenvalue weighted by Gasteiger charge is -2.32. The normalized spacial score (nSPS) is 15.3. The Morgan fingerprint density at radius 3 is 2.17 bits per heavy atom. The van der Waals surface area contributed by atoms with Gasteiger partial charge >= 0.3 is 6.18 Å². The number of benzene rings is 2. The topological polar surface area (TPSA) is 49.4 Å². The Morgan fingerprint density at radius 1 is 0.931 bits per heavy atom. The first-order valence-electron chi connectivity index (χ1n) is 8.88. The Balaban J connectivity index is 1.62. The van der Waals surface area contributed by atoms with Crippen LogP contribution in [0.1, 0.15) is 39.1 Å². The largest absolute Gasteiger partial charge is 0.416 e. The third-order valence-electron chi connectivity index (χ3n) is 4.76. The molecule has 2 aromatic carbocycles. The number of alkyl halides is 3. The fourth-order valence-corrected chi connectivity index (χ4v) is 3.17. The monoisotopic (exact) mass is 412 g/mol. The number of likely N-dealkylation sites (tertiary alicyclic amines) is 1. The molecule has 1 aliphatic heterocycles. The number of amides is 2. The molecule has 2 aromatic rings. The zero-order chi connectivity index (χ0) is 21.2. The minimum atomic E-state index is -4.69. The van der Waals surface area contributed by atoms with E-state index in [1.54, 1.807) is 6.07 Å². The predicted molar refractivity (Wildman–Crippen MR) is 94.2 cm³/mol. The van der Waals surface area contributed by atoms with Crippen LogP contribution < -0.4 is 5.32 Å². The molecule has 154 valence electrons. The van der Waals surface area contributed by atoms with E-state index in [0.29, 0.717) is 31.0 Å². The second-order valence-electron chi connectivity index (χ2n) is 6.71. The van der Waals surface area contributed by atoms with Gasteiger partial charge in [-0.25, -0.2) is 8.78 Å². The lowest BCUT2D eigenvalue weighted by molar-refractivity contribution is -0.137. The number of nitrogens with zero attached hydrogens (tertiary/aromatic N) is 1. The van der Waals surface area contributed by atoms with Crippen LogP contribution in [0.15, 0.2) is 42.5 Å². The minimum absolute atomic E-state index is 0.0546. The molecular weight excluding hydrogens is 395 g/mol. The second-order valence-corrected chi connectivity index (χ2v) is 6.71. The highest BCUT2D eigenvalue weighted by molar-refractivity contribution is 5.95. The van der Waals surface area contributed by atoms with Gasteiger partial charge in [0.2, 0.25) is 0 Å². The molecule has 0 radical (unpaired) electrons. The van der Waals surface area contributed by atoms with Crippen LogP contribution in [0.5, 0.6) is 0 Å². The van der Waals surface area contributed by atoms with Crippen molar-refractivity contribution >= 4 is 11.8 Å². The van der Waals surface area contributed by atoms with Crippen molar-refractivity contribution in [1.29, 1.82) is 0 Å². The van der Waals surface area contributed by atoms with Crippen LogP contribution >= 0.6 is 0 Å². The van der Waals surface area contributed by atoms with Crippen LogP contribution in [0.25, 0.3) is 0 Å². The molecule has 0 bridgehead atoms. The number of halogens is 5. The first-order chi connectivity index (χ1) is 13.7. The van der Waals surface area contributed by atoms with Crippen LogP contribution in [-0.2, 0) is 6.18 Å². The van der Waals surface area contributed by atoms with Gasteiger partial charge in [-0.1, -0.05) is 12.1 Å². The van der Waals surface area contributed by atoms with Crippen molar-refractivity contribution in [3.05, 3.63) is 70.8 Å². The van der Waals surface area contributed by atoms with Gasteiger partial charge in [-0.2, -0.15) is 13.2 Å². The van der Waals surface area contributed by atoms with Gasteiger partial charge in [-0.15, -0.1) is 0 Å². The second kappa shape index (κ2) is 8.18. The molecule has 1 N–H and O–H groups in total. The molecule has 1 aliphatic rings. The summed E-state index contributed by atoms with van der Waals surface area (Å²) in [6.45, 7) is 0.451. The van der Waals surface area contributed by atoms with Crippen molar-refractivity contribution in [2.24, 2.45) is 0 Å². The highest BCUT2D eigenvalue weighted by atomic mass is 19.4. The van der Waals surface area contributed by atoms with E-state index in [4.69, 9.17) is 0 Å². The SMILES string of the molecule is O=C(NC1CCN(C(=O)c2ccccc2F)CC1)c1cc(C(F)(F)F)ccc1F. The number of hydrogen-bond donors (Lipinski definition) is 1. The van der Waals surface area contributed by atoms with Gasteiger partial charge in [0, 0.05) is 19.1 Å². The van der Waals surface area contributed by atoms with Gasteiger partial charge in [0.25, 0.3) is 11.8 Å². The summed E-state index contributed by atoms with van der Waals surface area (Å²) in [4.78, 5) is 26.1. The van der Waals surface area contributed by atoms with Crippen LogP contribution in [-0.4, -0.2) is 35.8 Å². The average molecular weight is 412 g/mol. The summed E-state index contributed by atoms with van der Waals surface area (Å²) in [5.74, 6) is -3.11. The number of rotatable bonds is 3. The van der Waals surface area contributed by atoms with Crippen molar-refractivity contribution in [2.45, 2.75) is 25.1 Å². The lowest BCUT2D eigenvalue weighted by atomic mass is 10.0. The maximum absolute atomic E-state index is 13.8. The molecule has 0 unspecified atom stereocenters. The zero-order valence-electron chi connectivity index (χ0n) is 15.1. The first kappa shape index (κ1) is 20.8. The molecule has 3 rings (SSSR count). The number of carbonyl (C=O) groups excluding carboxylic acids is 2. The van der Waals surface area contributed by atoms with Gasteiger partial charge < -0.3 is 10.2 Å². The molecule has 0 aliphatic carbocycles. The van der Waals surface area contributed by atoms with Gasteiger partial charge in [0.1, 0.15) is 11.6 Å².